The van der Waals surface area contributed by atoms with Crippen LogP contribution < -0.4 is 0 Å². The van der Waals surface area contributed by atoms with Crippen molar-refractivity contribution in [3.05, 3.63) is 35.9 Å². The van der Waals surface area contributed by atoms with E-state index in [2.05, 4.69) is 0 Å². The number of carbonyl (C=O) groups is 2. The van der Waals surface area contributed by atoms with Gasteiger partial charge in [0.1, 0.15) is 6.04 Å². The SMILES string of the molecule is O=C(O)[C@@H]1CCN1C(=O)c1ccccc1. The second-order valence-corrected chi connectivity index (χ2v) is 3.51. The van der Waals surface area contributed by atoms with Crippen molar-refractivity contribution < 1.29 is 14.7 Å². The normalized spacial score (nSPS) is 19.5. The van der Waals surface area contributed by atoms with Crippen LogP contribution in [0.4, 0.5) is 0 Å². The van der Waals surface area contributed by atoms with E-state index in [4.69, 9.17) is 5.11 Å². The van der Waals surface area contributed by atoms with Gasteiger partial charge in [-0.2, -0.15) is 0 Å². The average Bonchev–Trinajstić information content (AvgIpc) is 2.16. The Morgan fingerprint density at radius 2 is 1.93 bits per heavy atom. The van der Waals surface area contributed by atoms with E-state index >= 15 is 0 Å². The molecule has 1 aromatic carbocycles. The number of benzene rings is 1. The van der Waals surface area contributed by atoms with Crippen LogP contribution in [0.1, 0.15) is 16.8 Å². The zero-order valence-electron chi connectivity index (χ0n) is 8.09. The molecule has 1 aliphatic heterocycles. The molecule has 0 spiro atoms. The van der Waals surface area contributed by atoms with Crippen LogP contribution in [0.25, 0.3) is 0 Å². The minimum atomic E-state index is -0.925. The molecule has 4 heteroatoms. The van der Waals surface area contributed by atoms with Crippen LogP contribution in [0.15, 0.2) is 30.3 Å². The summed E-state index contributed by atoms with van der Waals surface area (Å²) in [6.07, 6.45) is 0.550. The van der Waals surface area contributed by atoms with E-state index in [-0.39, 0.29) is 5.91 Å². The van der Waals surface area contributed by atoms with Crippen molar-refractivity contribution in [2.75, 3.05) is 6.54 Å². The molecule has 0 unspecified atom stereocenters. The first-order valence-electron chi connectivity index (χ1n) is 4.79. The Bertz CT molecular complexity index is 388. The second-order valence-electron chi connectivity index (χ2n) is 3.51. The van der Waals surface area contributed by atoms with E-state index in [1.165, 1.54) is 4.90 Å². The summed E-state index contributed by atoms with van der Waals surface area (Å²) in [4.78, 5) is 23.9. The molecule has 1 saturated heterocycles. The van der Waals surface area contributed by atoms with Crippen LogP contribution in [0.5, 0.6) is 0 Å². The molecule has 0 radical (unpaired) electrons. The predicted molar refractivity (Wildman–Crippen MR) is 53.5 cm³/mol. The highest BCUT2D eigenvalue weighted by atomic mass is 16.4. The maximum atomic E-state index is 11.8. The van der Waals surface area contributed by atoms with Crippen molar-refractivity contribution in [3.63, 3.8) is 0 Å². The number of aliphatic carboxylic acids is 1. The molecule has 1 amide bonds. The van der Waals surface area contributed by atoms with Crippen molar-refractivity contribution in [2.24, 2.45) is 0 Å². The van der Waals surface area contributed by atoms with E-state index in [0.717, 1.165) is 0 Å². The summed E-state index contributed by atoms with van der Waals surface area (Å²) in [6, 6.07) is 8.10. The summed E-state index contributed by atoms with van der Waals surface area (Å²) in [5.74, 6) is -1.13. The molecule has 1 fully saturated rings. The number of likely N-dealkylation sites (tertiary alicyclic amines) is 1. The van der Waals surface area contributed by atoms with Gasteiger partial charge in [0, 0.05) is 12.1 Å². The maximum Gasteiger partial charge on any atom is 0.326 e. The second kappa shape index (κ2) is 3.73. The van der Waals surface area contributed by atoms with Crippen molar-refractivity contribution in [2.45, 2.75) is 12.5 Å². The van der Waals surface area contributed by atoms with Crippen LogP contribution in [0, 0.1) is 0 Å². The van der Waals surface area contributed by atoms with Gasteiger partial charge in [-0.15, -0.1) is 0 Å². The third-order valence-electron chi connectivity index (χ3n) is 2.59. The molecule has 1 aliphatic rings. The molecule has 0 saturated carbocycles. The van der Waals surface area contributed by atoms with Gasteiger partial charge in [0.05, 0.1) is 0 Å². The lowest BCUT2D eigenvalue weighted by molar-refractivity contribution is -0.146. The number of hydrogen-bond acceptors (Lipinski definition) is 2. The minimum Gasteiger partial charge on any atom is -0.480 e. The minimum absolute atomic E-state index is 0.200. The first kappa shape index (κ1) is 9.71. The number of amides is 1. The molecule has 0 aromatic heterocycles. The number of hydrogen-bond donors (Lipinski definition) is 1. The monoisotopic (exact) mass is 205 g/mol. The lowest BCUT2D eigenvalue weighted by atomic mass is 10.0. The maximum absolute atomic E-state index is 11.8. The van der Waals surface area contributed by atoms with Gasteiger partial charge in [0.2, 0.25) is 0 Å². The fourth-order valence-electron chi connectivity index (χ4n) is 1.63. The highest BCUT2D eigenvalue weighted by Crippen LogP contribution is 2.20. The van der Waals surface area contributed by atoms with Gasteiger partial charge in [-0.3, -0.25) is 4.79 Å². The lowest BCUT2D eigenvalue weighted by Gasteiger charge is -2.37. The number of nitrogens with zero attached hydrogens (tertiary/aromatic N) is 1. The molecular weight excluding hydrogens is 194 g/mol. The summed E-state index contributed by atoms with van der Waals surface area (Å²) in [7, 11) is 0. The zero-order chi connectivity index (χ0) is 10.8. The molecule has 4 nitrogen and oxygen atoms in total. The van der Waals surface area contributed by atoms with E-state index < -0.39 is 12.0 Å². The van der Waals surface area contributed by atoms with Gasteiger partial charge in [-0.05, 0) is 18.6 Å². The zero-order valence-corrected chi connectivity index (χ0v) is 8.09. The van der Waals surface area contributed by atoms with Crippen LogP contribution in [0.2, 0.25) is 0 Å². The number of carboxylic acids is 1. The smallest absolute Gasteiger partial charge is 0.326 e. The largest absolute Gasteiger partial charge is 0.480 e. The van der Waals surface area contributed by atoms with Gasteiger partial charge >= 0.3 is 5.97 Å². The van der Waals surface area contributed by atoms with Crippen LogP contribution >= 0.6 is 0 Å². The number of carboxylic acid groups (broad SMARTS) is 1. The Hall–Kier alpha value is -1.84. The van der Waals surface area contributed by atoms with E-state index in [1.807, 2.05) is 6.07 Å². The molecule has 15 heavy (non-hydrogen) atoms. The van der Waals surface area contributed by atoms with Crippen LogP contribution in [0.3, 0.4) is 0 Å². The number of rotatable bonds is 2. The molecule has 2 rings (SSSR count). The topological polar surface area (TPSA) is 57.6 Å². The van der Waals surface area contributed by atoms with Crippen molar-refractivity contribution in [1.29, 1.82) is 0 Å². The molecule has 1 atom stereocenters. The van der Waals surface area contributed by atoms with Crippen molar-refractivity contribution in [3.8, 4) is 0 Å². The summed E-state index contributed by atoms with van der Waals surface area (Å²) in [5, 5.41) is 8.81. The quantitative estimate of drug-likeness (QED) is 0.783. The fraction of sp³-hybridized carbons (Fsp3) is 0.273. The first-order chi connectivity index (χ1) is 7.20. The Morgan fingerprint density at radius 1 is 1.27 bits per heavy atom. The Kier molecular flexibility index (Phi) is 2.41. The Balaban J connectivity index is 2.13. The standard InChI is InChI=1S/C11H11NO3/c13-10(8-4-2-1-3-5-8)12-7-6-9(12)11(14)15/h1-5,9H,6-7H2,(H,14,15)/t9-/m0/s1. The summed E-state index contributed by atoms with van der Waals surface area (Å²) in [6.45, 7) is 0.532. The first-order valence-corrected chi connectivity index (χ1v) is 4.79. The molecular formula is C11H11NO3. The Labute approximate surface area is 87.1 Å². The highest BCUT2D eigenvalue weighted by Gasteiger charge is 2.37. The van der Waals surface area contributed by atoms with Crippen LogP contribution in [-0.4, -0.2) is 34.5 Å². The summed E-state index contributed by atoms with van der Waals surface area (Å²) in [5.41, 5.74) is 0.545. The predicted octanol–water partition coefficient (Wildman–Crippen LogP) is 0.986. The van der Waals surface area contributed by atoms with Gasteiger partial charge in [0.15, 0.2) is 0 Å². The third kappa shape index (κ3) is 1.70. The van der Waals surface area contributed by atoms with Crippen molar-refractivity contribution >= 4 is 11.9 Å². The summed E-state index contributed by atoms with van der Waals surface area (Å²) < 4.78 is 0. The third-order valence-corrected chi connectivity index (χ3v) is 2.59. The molecule has 1 aromatic rings. The fourth-order valence-corrected chi connectivity index (χ4v) is 1.63. The van der Waals surface area contributed by atoms with Crippen LogP contribution in [-0.2, 0) is 4.79 Å². The van der Waals surface area contributed by atoms with Crippen molar-refractivity contribution in [1.82, 2.24) is 4.90 Å². The molecule has 1 N–H and O–H groups in total. The van der Waals surface area contributed by atoms with Gasteiger partial charge in [-0.25, -0.2) is 4.79 Å². The lowest BCUT2D eigenvalue weighted by Crippen LogP contribution is -2.55. The van der Waals surface area contributed by atoms with E-state index in [1.54, 1.807) is 24.3 Å². The molecule has 0 aliphatic carbocycles. The highest BCUT2D eigenvalue weighted by molar-refractivity contribution is 5.97. The molecule has 0 bridgehead atoms. The molecule has 78 valence electrons. The van der Waals surface area contributed by atoms with E-state index in [9.17, 15) is 9.59 Å². The molecule has 1 heterocycles. The Morgan fingerprint density at radius 3 is 2.40 bits per heavy atom. The summed E-state index contributed by atoms with van der Waals surface area (Å²) >= 11 is 0. The van der Waals surface area contributed by atoms with Gasteiger partial charge in [-0.1, -0.05) is 18.2 Å². The van der Waals surface area contributed by atoms with Gasteiger partial charge in [0.25, 0.3) is 5.91 Å². The number of carbonyl (C=O) groups excluding carboxylic acids is 1. The average molecular weight is 205 g/mol. The van der Waals surface area contributed by atoms with Gasteiger partial charge < -0.3 is 10.0 Å². The van der Waals surface area contributed by atoms with E-state index in [0.29, 0.717) is 18.5 Å².